The molecule has 0 radical (unpaired) electrons. The molecule has 0 saturated carbocycles. The van der Waals surface area contributed by atoms with Gasteiger partial charge < -0.3 is 4.74 Å². The minimum Gasteiger partial charge on any atom is -0.384 e. The molecule has 0 bridgehead atoms. The smallest absolute Gasteiger partial charge is 0.0552 e. The molecule has 0 fully saturated rings. The van der Waals surface area contributed by atoms with E-state index in [4.69, 9.17) is 16.3 Å². The van der Waals surface area contributed by atoms with Crippen molar-refractivity contribution in [2.75, 3.05) is 31.1 Å². The second kappa shape index (κ2) is 8.60. The monoisotopic (exact) mass is 168 g/mol. The van der Waals surface area contributed by atoms with Gasteiger partial charge in [-0.3, -0.25) is 0 Å². The molecular formula is C6H13ClOS. The first-order chi connectivity index (χ1) is 4.41. The second-order valence-corrected chi connectivity index (χ2v) is 3.25. The molecule has 0 unspecified atom stereocenters. The van der Waals surface area contributed by atoms with Crippen molar-refractivity contribution in [2.45, 2.75) is 6.42 Å². The van der Waals surface area contributed by atoms with Crippen LogP contribution in [0.25, 0.3) is 0 Å². The molecule has 0 aliphatic rings. The zero-order valence-electron chi connectivity index (χ0n) is 5.73. The Balaban J connectivity index is 2.60. The molecule has 0 amide bonds. The van der Waals surface area contributed by atoms with E-state index in [9.17, 15) is 0 Å². The van der Waals surface area contributed by atoms with E-state index in [1.807, 2.05) is 11.8 Å². The summed E-state index contributed by atoms with van der Waals surface area (Å²) in [5.41, 5.74) is 0. The molecule has 0 saturated heterocycles. The zero-order valence-corrected chi connectivity index (χ0v) is 7.30. The number of alkyl halides is 1. The average Bonchev–Trinajstić information content (AvgIpc) is 1.89. The third-order valence-corrected chi connectivity index (χ3v) is 2.15. The summed E-state index contributed by atoms with van der Waals surface area (Å²) in [7, 11) is 1.72. The lowest BCUT2D eigenvalue weighted by Gasteiger charge is -1.96. The van der Waals surface area contributed by atoms with Gasteiger partial charge in [0.25, 0.3) is 0 Å². The zero-order chi connectivity index (χ0) is 6.95. The maximum atomic E-state index is 5.47. The Kier molecular flexibility index (Phi) is 9.17. The lowest BCUT2D eigenvalue weighted by molar-refractivity contribution is 0.218. The summed E-state index contributed by atoms with van der Waals surface area (Å²) in [4.78, 5) is 0. The van der Waals surface area contributed by atoms with Crippen LogP contribution >= 0.6 is 23.4 Å². The van der Waals surface area contributed by atoms with Crippen molar-refractivity contribution < 1.29 is 4.74 Å². The van der Waals surface area contributed by atoms with E-state index in [1.54, 1.807) is 7.11 Å². The Morgan fingerprint density at radius 1 is 1.44 bits per heavy atom. The van der Waals surface area contributed by atoms with Gasteiger partial charge in [-0.05, 0) is 12.2 Å². The first kappa shape index (κ1) is 9.60. The molecular weight excluding hydrogens is 156 g/mol. The van der Waals surface area contributed by atoms with Crippen LogP contribution in [0, 0.1) is 0 Å². The summed E-state index contributed by atoms with van der Waals surface area (Å²) in [6.07, 6.45) is 1.11. The van der Waals surface area contributed by atoms with E-state index in [0.717, 1.165) is 30.4 Å². The molecule has 0 atom stereocenters. The largest absolute Gasteiger partial charge is 0.384 e. The van der Waals surface area contributed by atoms with Gasteiger partial charge in [-0.15, -0.1) is 11.6 Å². The number of hydrogen-bond acceptors (Lipinski definition) is 2. The van der Waals surface area contributed by atoms with Crippen molar-refractivity contribution in [3.63, 3.8) is 0 Å². The fraction of sp³-hybridized carbons (Fsp3) is 1.00. The molecule has 0 aromatic carbocycles. The number of hydrogen-bond donors (Lipinski definition) is 0. The topological polar surface area (TPSA) is 9.23 Å². The van der Waals surface area contributed by atoms with Crippen LogP contribution in [0.1, 0.15) is 6.42 Å². The van der Waals surface area contributed by atoms with Crippen LogP contribution in [0.2, 0.25) is 0 Å². The van der Waals surface area contributed by atoms with Crippen LogP contribution in [-0.4, -0.2) is 31.1 Å². The summed E-state index contributed by atoms with van der Waals surface area (Å²) in [5, 5.41) is 0. The van der Waals surface area contributed by atoms with Gasteiger partial charge in [0, 0.05) is 18.7 Å². The molecule has 56 valence electrons. The highest BCUT2D eigenvalue weighted by atomic mass is 35.5. The Bertz CT molecular complexity index is 46.3. The number of methoxy groups -OCH3 is 1. The van der Waals surface area contributed by atoms with E-state index in [0.29, 0.717) is 0 Å². The van der Waals surface area contributed by atoms with E-state index < -0.39 is 0 Å². The number of ether oxygens (including phenoxy) is 1. The highest BCUT2D eigenvalue weighted by Crippen LogP contribution is 2.01. The number of halogens is 1. The first-order valence-corrected chi connectivity index (χ1v) is 4.73. The standard InChI is InChI=1S/C6H13ClOS/c1-8-4-6-9-5-2-3-7/h2-6H2,1H3. The van der Waals surface area contributed by atoms with Crippen LogP contribution in [0.3, 0.4) is 0 Å². The molecule has 0 aromatic heterocycles. The Morgan fingerprint density at radius 3 is 2.78 bits per heavy atom. The number of rotatable bonds is 6. The fourth-order valence-electron chi connectivity index (χ4n) is 0.401. The van der Waals surface area contributed by atoms with Crippen molar-refractivity contribution in [1.82, 2.24) is 0 Å². The Hall–Kier alpha value is 0.600. The van der Waals surface area contributed by atoms with E-state index >= 15 is 0 Å². The predicted octanol–water partition coefficient (Wildman–Crippen LogP) is 1.99. The van der Waals surface area contributed by atoms with Crippen LogP contribution in [0.5, 0.6) is 0 Å². The number of thioether (sulfide) groups is 1. The highest BCUT2D eigenvalue weighted by Gasteiger charge is 1.86. The van der Waals surface area contributed by atoms with Crippen LogP contribution in [0.15, 0.2) is 0 Å². The van der Waals surface area contributed by atoms with Crippen LogP contribution < -0.4 is 0 Å². The van der Waals surface area contributed by atoms with Gasteiger partial charge in [0.1, 0.15) is 0 Å². The summed E-state index contributed by atoms with van der Waals surface area (Å²) in [5.74, 6) is 3.03. The van der Waals surface area contributed by atoms with E-state index in [2.05, 4.69) is 0 Å². The quantitative estimate of drug-likeness (QED) is 0.443. The predicted molar refractivity (Wildman–Crippen MR) is 44.5 cm³/mol. The van der Waals surface area contributed by atoms with Crippen molar-refractivity contribution >= 4 is 23.4 Å². The maximum Gasteiger partial charge on any atom is 0.0552 e. The second-order valence-electron chi connectivity index (χ2n) is 1.65. The van der Waals surface area contributed by atoms with Gasteiger partial charge in [-0.25, -0.2) is 0 Å². The first-order valence-electron chi connectivity index (χ1n) is 3.04. The molecule has 1 nitrogen and oxygen atoms in total. The molecule has 9 heavy (non-hydrogen) atoms. The lowest BCUT2D eigenvalue weighted by Crippen LogP contribution is -1.92. The van der Waals surface area contributed by atoms with Crippen molar-refractivity contribution in [2.24, 2.45) is 0 Å². The van der Waals surface area contributed by atoms with Crippen molar-refractivity contribution in [3.8, 4) is 0 Å². The van der Waals surface area contributed by atoms with Gasteiger partial charge in [0.05, 0.1) is 6.61 Å². The summed E-state index contributed by atoms with van der Waals surface area (Å²) in [6, 6.07) is 0. The van der Waals surface area contributed by atoms with Gasteiger partial charge in [0.2, 0.25) is 0 Å². The van der Waals surface area contributed by atoms with Gasteiger partial charge >= 0.3 is 0 Å². The third kappa shape index (κ3) is 8.60. The molecule has 0 spiro atoms. The maximum absolute atomic E-state index is 5.47. The molecule has 0 aliphatic carbocycles. The minimum atomic E-state index is 0.778. The Labute approximate surface area is 66.1 Å². The average molecular weight is 169 g/mol. The van der Waals surface area contributed by atoms with Crippen LogP contribution in [0.4, 0.5) is 0 Å². The lowest BCUT2D eigenvalue weighted by atomic mass is 10.6. The highest BCUT2D eigenvalue weighted by molar-refractivity contribution is 7.99. The minimum absolute atomic E-state index is 0.778. The van der Waals surface area contributed by atoms with Gasteiger partial charge in [-0.1, -0.05) is 0 Å². The summed E-state index contributed by atoms with van der Waals surface area (Å²) < 4.78 is 4.87. The summed E-state index contributed by atoms with van der Waals surface area (Å²) in [6.45, 7) is 0.854. The molecule has 3 heteroatoms. The SMILES string of the molecule is COCCSCCCCl. The third-order valence-electron chi connectivity index (χ3n) is 0.854. The normalized spacial score (nSPS) is 10.0. The molecule has 0 N–H and O–H groups in total. The van der Waals surface area contributed by atoms with Crippen molar-refractivity contribution in [3.05, 3.63) is 0 Å². The molecule has 0 aromatic rings. The Morgan fingerprint density at radius 2 is 2.22 bits per heavy atom. The molecule has 0 heterocycles. The van der Waals surface area contributed by atoms with Crippen LogP contribution in [-0.2, 0) is 4.74 Å². The van der Waals surface area contributed by atoms with Gasteiger partial charge in [-0.2, -0.15) is 11.8 Å². The van der Waals surface area contributed by atoms with Crippen molar-refractivity contribution in [1.29, 1.82) is 0 Å². The fourth-order valence-corrected chi connectivity index (χ4v) is 1.53. The van der Waals surface area contributed by atoms with E-state index in [1.165, 1.54) is 0 Å². The molecule has 0 rings (SSSR count). The summed E-state index contributed by atoms with van der Waals surface area (Å²) >= 11 is 7.36. The van der Waals surface area contributed by atoms with E-state index in [-0.39, 0.29) is 0 Å². The van der Waals surface area contributed by atoms with Gasteiger partial charge in [0.15, 0.2) is 0 Å². The molecule has 0 aliphatic heterocycles.